The number of nitrogens with two attached hydrogens (primary N) is 1. The normalized spacial score (nSPS) is 11.0. The summed E-state index contributed by atoms with van der Waals surface area (Å²) in [6.07, 6.45) is -4.53. The highest BCUT2D eigenvalue weighted by molar-refractivity contribution is 6.05. The summed E-state index contributed by atoms with van der Waals surface area (Å²) >= 11 is 0. The molecule has 0 aliphatic rings. The van der Waals surface area contributed by atoms with Crippen LogP contribution in [-0.2, 0) is 6.18 Å². The number of hydrogen-bond acceptors (Lipinski definition) is 2. The Labute approximate surface area is 123 Å². The molecule has 0 fully saturated rings. The van der Waals surface area contributed by atoms with Gasteiger partial charge in [-0.2, -0.15) is 13.2 Å². The summed E-state index contributed by atoms with van der Waals surface area (Å²) < 4.78 is 37.9. The summed E-state index contributed by atoms with van der Waals surface area (Å²) in [5.74, 6) is -1.39. The van der Waals surface area contributed by atoms with Crippen LogP contribution in [0.4, 0.5) is 18.9 Å². The zero-order valence-corrected chi connectivity index (χ0v) is 11.1. The number of amides is 2. The van der Waals surface area contributed by atoms with E-state index in [0.717, 1.165) is 18.2 Å². The fraction of sp³-hybridized carbons (Fsp3) is 0.0667. The first-order valence-electron chi connectivity index (χ1n) is 6.16. The van der Waals surface area contributed by atoms with Crippen molar-refractivity contribution in [2.75, 3.05) is 5.32 Å². The summed E-state index contributed by atoms with van der Waals surface area (Å²) in [6.45, 7) is 0. The van der Waals surface area contributed by atoms with Gasteiger partial charge in [0.05, 0.1) is 5.56 Å². The van der Waals surface area contributed by atoms with E-state index in [1.54, 1.807) is 0 Å². The number of primary amides is 1. The predicted molar refractivity (Wildman–Crippen MR) is 74.4 cm³/mol. The molecule has 2 aromatic carbocycles. The molecule has 0 heterocycles. The van der Waals surface area contributed by atoms with E-state index in [2.05, 4.69) is 5.32 Å². The molecule has 2 aromatic rings. The number of rotatable bonds is 3. The van der Waals surface area contributed by atoms with Gasteiger partial charge in [-0.15, -0.1) is 0 Å². The Morgan fingerprint density at radius 2 is 1.59 bits per heavy atom. The number of halogens is 3. The lowest BCUT2D eigenvalue weighted by Gasteiger charge is -2.09. The molecule has 0 atom stereocenters. The number of nitrogens with one attached hydrogen (secondary N) is 1. The van der Waals surface area contributed by atoms with E-state index >= 15 is 0 Å². The third-order valence-electron chi connectivity index (χ3n) is 2.86. The highest BCUT2D eigenvalue weighted by Crippen LogP contribution is 2.29. The van der Waals surface area contributed by atoms with Gasteiger partial charge in [0.25, 0.3) is 5.91 Å². The third-order valence-corrected chi connectivity index (χ3v) is 2.86. The number of carbonyl (C=O) groups excluding carboxylic acids is 2. The zero-order chi connectivity index (χ0) is 16.3. The Hall–Kier alpha value is -2.83. The molecule has 2 amide bonds. The molecule has 0 aromatic heterocycles. The van der Waals surface area contributed by atoms with Crippen LogP contribution >= 0.6 is 0 Å². The van der Waals surface area contributed by atoms with Crippen molar-refractivity contribution in [2.24, 2.45) is 5.73 Å². The van der Waals surface area contributed by atoms with Gasteiger partial charge in [0.1, 0.15) is 0 Å². The Morgan fingerprint density at radius 3 is 2.23 bits per heavy atom. The van der Waals surface area contributed by atoms with Crippen LogP contribution in [0.15, 0.2) is 48.5 Å². The first kappa shape index (κ1) is 15.6. The monoisotopic (exact) mass is 308 g/mol. The van der Waals surface area contributed by atoms with E-state index in [-0.39, 0.29) is 16.8 Å². The first-order valence-corrected chi connectivity index (χ1v) is 6.16. The maximum absolute atomic E-state index is 12.6. The minimum atomic E-state index is -4.53. The average Bonchev–Trinajstić information content (AvgIpc) is 2.46. The summed E-state index contributed by atoms with van der Waals surface area (Å²) in [4.78, 5) is 23.0. The molecule has 3 N–H and O–H groups in total. The van der Waals surface area contributed by atoms with Crippen LogP contribution in [0.1, 0.15) is 26.3 Å². The highest BCUT2D eigenvalue weighted by atomic mass is 19.4. The largest absolute Gasteiger partial charge is 0.416 e. The van der Waals surface area contributed by atoms with Crippen LogP contribution in [0.5, 0.6) is 0 Å². The van der Waals surface area contributed by atoms with E-state index in [4.69, 9.17) is 5.73 Å². The summed E-state index contributed by atoms with van der Waals surface area (Å²) in [6, 6.07) is 9.85. The molecule has 114 valence electrons. The summed E-state index contributed by atoms with van der Waals surface area (Å²) in [7, 11) is 0. The maximum atomic E-state index is 12.6. The maximum Gasteiger partial charge on any atom is 0.416 e. The van der Waals surface area contributed by atoms with Gasteiger partial charge >= 0.3 is 6.18 Å². The molecule has 4 nitrogen and oxygen atoms in total. The number of carbonyl (C=O) groups is 2. The van der Waals surface area contributed by atoms with Crippen LogP contribution < -0.4 is 11.1 Å². The number of hydrogen-bond donors (Lipinski definition) is 2. The number of anilines is 1. The zero-order valence-electron chi connectivity index (χ0n) is 11.1. The van der Waals surface area contributed by atoms with Gasteiger partial charge in [-0.25, -0.2) is 0 Å². The van der Waals surface area contributed by atoms with Gasteiger partial charge in [-0.05, 0) is 36.4 Å². The Bertz CT molecular complexity index is 727. The van der Waals surface area contributed by atoms with Gasteiger partial charge in [0.2, 0.25) is 5.91 Å². The van der Waals surface area contributed by atoms with E-state index in [0.29, 0.717) is 0 Å². The van der Waals surface area contributed by atoms with Gasteiger partial charge in [-0.1, -0.05) is 12.1 Å². The van der Waals surface area contributed by atoms with Crippen molar-refractivity contribution in [2.45, 2.75) is 6.18 Å². The smallest absolute Gasteiger partial charge is 0.366 e. The molecular formula is C15H11F3N2O2. The molecule has 0 bridgehead atoms. The van der Waals surface area contributed by atoms with Crippen molar-refractivity contribution in [3.05, 3.63) is 65.2 Å². The molecule has 0 saturated carbocycles. The lowest BCUT2D eigenvalue weighted by molar-refractivity contribution is -0.137. The minimum absolute atomic E-state index is 0.140. The van der Waals surface area contributed by atoms with Crippen molar-refractivity contribution in [1.29, 1.82) is 0 Å². The van der Waals surface area contributed by atoms with Crippen molar-refractivity contribution >= 4 is 17.5 Å². The van der Waals surface area contributed by atoms with Gasteiger partial charge < -0.3 is 11.1 Å². The lowest BCUT2D eigenvalue weighted by Crippen LogP contribution is -2.15. The molecule has 0 aliphatic carbocycles. The van der Waals surface area contributed by atoms with Crippen LogP contribution in [-0.4, -0.2) is 11.8 Å². The second-order valence-corrected chi connectivity index (χ2v) is 4.48. The van der Waals surface area contributed by atoms with Gasteiger partial charge in [0, 0.05) is 16.8 Å². The summed E-state index contributed by atoms with van der Waals surface area (Å²) in [5, 5.41) is 2.42. The van der Waals surface area contributed by atoms with Crippen molar-refractivity contribution in [1.82, 2.24) is 0 Å². The van der Waals surface area contributed by atoms with Gasteiger partial charge in [-0.3, -0.25) is 9.59 Å². The average molecular weight is 308 g/mol. The molecule has 7 heteroatoms. The fourth-order valence-corrected chi connectivity index (χ4v) is 1.79. The van der Waals surface area contributed by atoms with E-state index in [9.17, 15) is 22.8 Å². The van der Waals surface area contributed by atoms with Crippen molar-refractivity contribution in [3.8, 4) is 0 Å². The lowest BCUT2D eigenvalue weighted by atomic mass is 10.1. The minimum Gasteiger partial charge on any atom is -0.366 e. The predicted octanol–water partition coefficient (Wildman–Crippen LogP) is 3.06. The molecule has 22 heavy (non-hydrogen) atoms. The Morgan fingerprint density at radius 1 is 0.955 bits per heavy atom. The second-order valence-electron chi connectivity index (χ2n) is 4.48. The Balaban J connectivity index is 2.23. The topological polar surface area (TPSA) is 72.2 Å². The van der Waals surface area contributed by atoms with Crippen LogP contribution in [0.2, 0.25) is 0 Å². The molecule has 0 spiro atoms. The standard InChI is InChI=1S/C15H11F3N2O2/c16-15(17,18)11-5-1-4-10(7-11)14(22)20-12-6-2-3-9(8-12)13(19)21/h1-8H,(H2,19,21)(H,20,22). The fourth-order valence-electron chi connectivity index (χ4n) is 1.79. The van der Waals surface area contributed by atoms with Crippen LogP contribution in [0.3, 0.4) is 0 Å². The Kier molecular flexibility index (Phi) is 4.16. The SMILES string of the molecule is NC(=O)c1cccc(NC(=O)c2cccc(C(F)(F)F)c2)c1. The molecule has 0 aliphatic heterocycles. The second kappa shape index (κ2) is 5.88. The van der Waals surface area contributed by atoms with Crippen molar-refractivity contribution in [3.63, 3.8) is 0 Å². The van der Waals surface area contributed by atoms with Gasteiger partial charge in [0.15, 0.2) is 0 Å². The summed E-state index contributed by atoms with van der Waals surface area (Å²) in [5.41, 5.74) is 4.51. The third kappa shape index (κ3) is 3.63. The molecular weight excluding hydrogens is 297 g/mol. The van der Waals surface area contributed by atoms with E-state index in [1.165, 1.54) is 30.3 Å². The molecule has 0 unspecified atom stereocenters. The molecule has 2 rings (SSSR count). The van der Waals surface area contributed by atoms with Crippen molar-refractivity contribution < 1.29 is 22.8 Å². The number of benzene rings is 2. The van der Waals surface area contributed by atoms with E-state index in [1.807, 2.05) is 0 Å². The number of alkyl halides is 3. The highest BCUT2D eigenvalue weighted by Gasteiger charge is 2.30. The van der Waals surface area contributed by atoms with Crippen LogP contribution in [0.25, 0.3) is 0 Å². The first-order chi connectivity index (χ1) is 10.3. The quantitative estimate of drug-likeness (QED) is 0.914. The van der Waals surface area contributed by atoms with E-state index < -0.39 is 23.6 Å². The van der Waals surface area contributed by atoms with Crippen LogP contribution in [0, 0.1) is 0 Å². The molecule has 0 saturated heterocycles. The molecule has 0 radical (unpaired) electrons.